The van der Waals surface area contributed by atoms with E-state index in [1.54, 1.807) is 12.1 Å². The van der Waals surface area contributed by atoms with Crippen molar-refractivity contribution in [2.75, 3.05) is 0 Å². The standard InChI is InChI=1S/C13H13NO4S/c1-10(15)11-4-6-13(7-5-11)19(16,17)14-9-12-3-2-8-18-12/h2-8,14H,9H2,1H3. The Bertz CT molecular complexity index is 657. The third-order valence-electron chi connectivity index (χ3n) is 2.59. The molecule has 1 aromatic carbocycles. The molecule has 0 bridgehead atoms. The van der Waals surface area contributed by atoms with Gasteiger partial charge in [-0.15, -0.1) is 0 Å². The van der Waals surface area contributed by atoms with Crippen LogP contribution in [0.5, 0.6) is 0 Å². The molecule has 0 fully saturated rings. The van der Waals surface area contributed by atoms with Crippen molar-refractivity contribution in [2.24, 2.45) is 0 Å². The first kappa shape index (κ1) is 13.5. The Balaban J connectivity index is 2.13. The Morgan fingerprint density at radius 3 is 2.42 bits per heavy atom. The SMILES string of the molecule is CC(=O)c1ccc(S(=O)(=O)NCc2ccco2)cc1. The fourth-order valence-electron chi connectivity index (χ4n) is 1.53. The number of Topliss-reactive ketones (excluding diaryl/α,β-unsaturated/α-hetero) is 1. The molecule has 1 heterocycles. The highest BCUT2D eigenvalue weighted by molar-refractivity contribution is 7.89. The first-order valence-corrected chi connectivity index (χ1v) is 7.10. The highest BCUT2D eigenvalue weighted by Gasteiger charge is 2.14. The normalized spacial score (nSPS) is 11.4. The molecule has 0 aliphatic rings. The molecule has 100 valence electrons. The Morgan fingerprint density at radius 2 is 1.89 bits per heavy atom. The second-order valence-corrected chi connectivity index (χ2v) is 5.75. The molecule has 5 nitrogen and oxygen atoms in total. The average molecular weight is 279 g/mol. The predicted octanol–water partition coefficient (Wildman–Crippen LogP) is 1.96. The quantitative estimate of drug-likeness (QED) is 0.849. The number of ketones is 1. The van der Waals surface area contributed by atoms with Crippen LogP contribution in [-0.2, 0) is 16.6 Å². The summed E-state index contributed by atoms with van der Waals surface area (Å²) in [7, 11) is -3.60. The molecular formula is C13H13NO4S. The van der Waals surface area contributed by atoms with Gasteiger partial charge >= 0.3 is 0 Å². The van der Waals surface area contributed by atoms with Gasteiger partial charge in [0.25, 0.3) is 0 Å². The van der Waals surface area contributed by atoms with Crippen LogP contribution < -0.4 is 4.72 Å². The van der Waals surface area contributed by atoms with Crippen molar-refractivity contribution in [2.45, 2.75) is 18.4 Å². The third kappa shape index (κ3) is 3.30. The van der Waals surface area contributed by atoms with Crippen LogP contribution in [0.15, 0.2) is 52.0 Å². The van der Waals surface area contributed by atoms with Gasteiger partial charge in [0.2, 0.25) is 10.0 Å². The van der Waals surface area contributed by atoms with Crippen LogP contribution in [0.3, 0.4) is 0 Å². The van der Waals surface area contributed by atoms with Crippen LogP contribution in [0.4, 0.5) is 0 Å². The van der Waals surface area contributed by atoms with Gasteiger partial charge in [-0.1, -0.05) is 12.1 Å². The molecule has 0 saturated heterocycles. The Labute approximate surface area is 111 Å². The highest BCUT2D eigenvalue weighted by Crippen LogP contribution is 2.12. The number of benzene rings is 1. The van der Waals surface area contributed by atoms with E-state index in [2.05, 4.69) is 4.72 Å². The Morgan fingerprint density at radius 1 is 1.21 bits per heavy atom. The minimum atomic E-state index is -3.60. The lowest BCUT2D eigenvalue weighted by atomic mass is 10.2. The molecule has 0 unspecified atom stereocenters. The molecule has 0 spiro atoms. The summed E-state index contributed by atoms with van der Waals surface area (Å²) in [5, 5.41) is 0. The number of furan rings is 1. The Hall–Kier alpha value is -1.92. The monoisotopic (exact) mass is 279 g/mol. The van der Waals surface area contributed by atoms with E-state index in [0.717, 1.165) is 0 Å². The third-order valence-corrected chi connectivity index (χ3v) is 4.00. The van der Waals surface area contributed by atoms with Gasteiger partial charge in [0, 0.05) is 5.56 Å². The van der Waals surface area contributed by atoms with Crippen molar-refractivity contribution < 1.29 is 17.6 Å². The van der Waals surface area contributed by atoms with Gasteiger partial charge in [0.15, 0.2) is 5.78 Å². The highest BCUT2D eigenvalue weighted by atomic mass is 32.2. The molecule has 0 atom stereocenters. The van der Waals surface area contributed by atoms with Gasteiger partial charge in [-0.25, -0.2) is 13.1 Å². The van der Waals surface area contributed by atoms with Gasteiger partial charge in [-0.05, 0) is 31.2 Å². The maximum Gasteiger partial charge on any atom is 0.240 e. The lowest BCUT2D eigenvalue weighted by Crippen LogP contribution is -2.23. The Kier molecular flexibility index (Phi) is 3.82. The lowest BCUT2D eigenvalue weighted by molar-refractivity contribution is 0.101. The van der Waals surface area contributed by atoms with Crippen LogP contribution in [0.25, 0.3) is 0 Å². The van der Waals surface area contributed by atoms with Crippen molar-refractivity contribution >= 4 is 15.8 Å². The van der Waals surface area contributed by atoms with Crippen LogP contribution in [0.1, 0.15) is 23.0 Å². The molecular weight excluding hydrogens is 266 g/mol. The van der Waals surface area contributed by atoms with E-state index in [4.69, 9.17) is 4.42 Å². The topological polar surface area (TPSA) is 76.4 Å². The van der Waals surface area contributed by atoms with Crippen LogP contribution in [0, 0.1) is 0 Å². The summed E-state index contributed by atoms with van der Waals surface area (Å²) in [4.78, 5) is 11.2. The molecule has 19 heavy (non-hydrogen) atoms. The number of carbonyl (C=O) groups excluding carboxylic acids is 1. The molecule has 0 amide bonds. The van der Waals surface area contributed by atoms with E-state index in [1.165, 1.54) is 37.5 Å². The van der Waals surface area contributed by atoms with Gasteiger partial charge < -0.3 is 4.42 Å². The van der Waals surface area contributed by atoms with Crippen LogP contribution >= 0.6 is 0 Å². The average Bonchev–Trinajstić information content (AvgIpc) is 2.90. The number of sulfonamides is 1. The minimum Gasteiger partial charge on any atom is -0.468 e. The lowest BCUT2D eigenvalue weighted by Gasteiger charge is -2.05. The summed E-state index contributed by atoms with van der Waals surface area (Å²) in [5.74, 6) is 0.427. The van der Waals surface area contributed by atoms with Crippen molar-refractivity contribution in [3.63, 3.8) is 0 Å². The zero-order chi connectivity index (χ0) is 13.9. The van der Waals surface area contributed by atoms with Gasteiger partial charge in [0.1, 0.15) is 5.76 Å². The van der Waals surface area contributed by atoms with Crippen molar-refractivity contribution in [1.29, 1.82) is 0 Å². The molecule has 0 saturated carbocycles. The molecule has 2 aromatic rings. The van der Waals surface area contributed by atoms with Gasteiger partial charge in [-0.2, -0.15) is 0 Å². The van der Waals surface area contributed by atoms with E-state index in [0.29, 0.717) is 11.3 Å². The smallest absolute Gasteiger partial charge is 0.240 e. The number of carbonyl (C=O) groups is 1. The molecule has 0 radical (unpaired) electrons. The summed E-state index contributed by atoms with van der Waals surface area (Å²) < 4.78 is 31.4. The van der Waals surface area contributed by atoms with Gasteiger partial charge in [-0.3, -0.25) is 4.79 Å². The fourth-order valence-corrected chi connectivity index (χ4v) is 2.52. The van der Waals surface area contributed by atoms with Crippen molar-refractivity contribution in [1.82, 2.24) is 4.72 Å². The molecule has 0 aliphatic carbocycles. The first-order chi connectivity index (χ1) is 8.99. The number of hydrogen-bond donors (Lipinski definition) is 1. The van der Waals surface area contributed by atoms with E-state index < -0.39 is 10.0 Å². The zero-order valence-electron chi connectivity index (χ0n) is 10.3. The van der Waals surface area contributed by atoms with Crippen LogP contribution in [-0.4, -0.2) is 14.2 Å². The predicted molar refractivity (Wildman–Crippen MR) is 69.2 cm³/mol. The van der Waals surface area contributed by atoms with Gasteiger partial charge in [0.05, 0.1) is 17.7 Å². The second-order valence-electron chi connectivity index (χ2n) is 3.98. The fraction of sp³-hybridized carbons (Fsp3) is 0.154. The minimum absolute atomic E-state index is 0.0871. The number of rotatable bonds is 5. The largest absolute Gasteiger partial charge is 0.468 e. The first-order valence-electron chi connectivity index (χ1n) is 5.62. The molecule has 1 N–H and O–H groups in total. The maximum atomic E-state index is 12.0. The maximum absolute atomic E-state index is 12.0. The van der Waals surface area contributed by atoms with Crippen molar-refractivity contribution in [3.8, 4) is 0 Å². The van der Waals surface area contributed by atoms with Crippen molar-refractivity contribution in [3.05, 3.63) is 54.0 Å². The molecule has 0 aliphatic heterocycles. The molecule has 2 rings (SSSR count). The van der Waals surface area contributed by atoms with E-state index >= 15 is 0 Å². The summed E-state index contributed by atoms with van der Waals surface area (Å²) in [5.41, 5.74) is 0.477. The summed E-state index contributed by atoms with van der Waals surface area (Å²) >= 11 is 0. The number of nitrogens with one attached hydrogen (secondary N) is 1. The second kappa shape index (κ2) is 5.38. The summed E-state index contributed by atoms with van der Waals surface area (Å²) in [6.45, 7) is 1.52. The van der Waals surface area contributed by atoms with E-state index in [1.807, 2.05) is 0 Å². The molecule has 1 aromatic heterocycles. The summed E-state index contributed by atoms with van der Waals surface area (Å²) in [6.07, 6.45) is 1.48. The number of hydrogen-bond acceptors (Lipinski definition) is 4. The van der Waals surface area contributed by atoms with E-state index in [-0.39, 0.29) is 17.2 Å². The summed E-state index contributed by atoms with van der Waals surface area (Å²) in [6, 6.07) is 9.16. The van der Waals surface area contributed by atoms with E-state index in [9.17, 15) is 13.2 Å². The van der Waals surface area contributed by atoms with Crippen LogP contribution in [0.2, 0.25) is 0 Å². The molecule has 6 heteroatoms. The zero-order valence-corrected chi connectivity index (χ0v) is 11.1.